The lowest BCUT2D eigenvalue weighted by Crippen LogP contribution is -2.45. The fourth-order valence-corrected chi connectivity index (χ4v) is 2.57. The van der Waals surface area contributed by atoms with Gasteiger partial charge in [-0.1, -0.05) is 23.7 Å². The van der Waals surface area contributed by atoms with Gasteiger partial charge in [-0.15, -0.1) is 0 Å². The molecule has 2 amide bonds. The zero-order valence-electron chi connectivity index (χ0n) is 12.0. The highest BCUT2D eigenvalue weighted by molar-refractivity contribution is 6.30. The Labute approximate surface area is 130 Å². The topological polar surface area (TPSA) is 58.2 Å². The minimum atomic E-state index is -0.365. The fraction of sp³-hybridized carbons (Fsp3) is 0.500. The molecular formula is C16H21ClN2O2. The number of rotatable bonds is 5. The van der Waals surface area contributed by atoms with Gasteiger partial charge >= 0.3 is 0 Å². The molecule has 1 fully saturated rings. The number of carbonyl (C=O) groups excluding carboxylic acids is 2. The van der Waals surface area contributed by atoms with Crippen molar-refractivity contribution in [1.29, 1.82) is 0 Å². The molecule has 1 aromatic carbocycles. The maximum atomic E-state index is 11.9. The van der Waals surface area contributed by atoms with E-state index in [-0.39, 0.29) is 17.9 Å². The van der Waals surface area contributed by atoms with Crippen LogP contribution >= 0.6 is 11.6 Å². The predicted octanol–water partition coefficient (Wildman–Crippen LogP) is 2.45. The lowest BCUT2D eigenvalue weighted by atomic mass is 10.1. The molecule has 0 aromatic heterocycles. The van der Waals surface area contributed by atoms with Crippen LogP contribution in [0.1, 0.15) is 37.7 Å². The summed E-state index contributed by atoms with van der Waals surface area (Å²) in [5.74, 6) is -0.107. The van der Waals surface area contributed by atoms with Crippen molar-refractivity contribution in [3.63, 3.8) is 0 Å². The van der Waals surface area contributed by atoms with Crippen LogP contribution in [0.25, 0.3) is 0 Å². The van der Waals surface area contributed by atoms with Crippen LogP contribution in [0.3, 0.4) is 0 Å². The molecular weight excluding hydrogens is 288 g/mol. The predicted molar refractivity (Wildman–Crippen MR) is 83.2 cm³/mol. The summed E-state index contributed by atoms with van der Waals surface area (Å²) in [6, 6.07) is 7.29. The number of hydrogen-bond donors (Lipinski definition) is 2. The van der Waals surface area contributed by atoms with E-state index in [0.29, 0.717) is 13.0 Å². The van der Waals surface area contributed by atoms with Gasteiger partial charge in [0.25, 0.3) is 0 Å². The van der Waals surface area contributed by atoms with Gasteiger partial charge in [0.05, 0.1) is 0 Å². The number of benzene rings is 1. The van der Waals surface area contributed by atoms with Crippen molar-refractivity contribution in [1.82, 2.24) is 10.6 Å². The van der Waals surface area contributed by atoms with Crippen LogP contribution in [-0.2, 0) is 16.0 Å². The first-order valence-corrected chi connectivity index (χ1v) is 7.84. The highest BCUT2D eigenvalue weighted by Gasteiger charge is 2.21. The Bertz CT molecular complexity index is 488. The van der Waals surface area contributed by atoms with E-state index in [1.807, 2.05) is 24.3 Å². The molecule has 5 heteroatoms. The van der Waals surface area contributed by atoms with Gasteiger partial charge in [-0.25, -0.2) is 0 Å². The minimum Gasteiger partial charge on any atom is -0.354 e. The van der Waals surface area contributed by atoms with E-state index in [9.17, 15) is 9.59 Å². The number of carbonyl (C=O) groups is 2. The van der Waals surface area contributed by atoms with Crippen LogP contribution < -0.4 is 10.6 Å². The van der Waals surface area contributed by atoms with Crippen LogP contribution in [0.2, 0.25) is 5.02 Å². The van der Waals surface area contributed by atoms with Crippen LogP contribution in [0.5, 0.6) is 0 Å². The van der Waals surface area contributed by atoms with Gasteiger partial charge in [0.2, 0.25) is 11.8 Å². The number of halogens is 1. The molecule has 1 aliphatic heterocycles. The van der Waals surface area contributed by atoms with Crippen molar-refractivity contribution in [2.24, 2.45) is 0 Å². The molecule has 0 unspecified atom stereocenters. The molecule has 1 aliphatic rings. The Morgan fingerprint density at radius 1 is 1.29 bits per heavy atom. The van der Waals surface area contributed by atoms with Gasteiger partial charge in [-0.2, -0.15) is 0 Å². The smallest absolute Gasteiger partial charge is 0.242 e. The largest absolute Gasteiger partial charge is 0.354 e. The second-order valence-electron chi connectivity index (χ2n) is 5.39. The summed E-state index contributed by atoms with van der Waals surface area (Å²) >= 11 is 5.83. The number of amides is 2. The van der Waals surface area contributed by atoms with E-state index in [4.69, 9.17) is 11.6 Å². The standard InChI is InChI=1S/C16H21ClN2O2/c17-13-9-7-12(8-10-13)4-3-6-15(20)19-14-5-1-2-11-18-16(14)21/h7-10,14H,1-6,11H2,(H,18,21)(H,19,20)/t14-/m0/s1. The summed E-state index contributed by atoms with van der Waals surface area (Å²) in [4.78, 5) is 23.6. The quantitative estimate of drug-likeness (QED) is 0.878. The van der Waals surface area contributed by atoms with Gasteiger partial charge in [0.15, 0.2) is 0 Å². The van der Waals surface area contributed by atoms with Crippen LogP contribution in [-0.4, -0.2) is 24.4 Å². The first kappa shape index (κ1) is 15.8. The molecule has 21 heavy (non-hydrogen) atoms. The second-order valence-corrected chi connectivity index (χ2v) is 5.82. The molecule has 1 atom stereocenters. The third-order valence-corrected chi connectivity index (χ3v) is 3.91. The van der Waals surface area contributed by atoms with E-state index in [0.717, 1.165) is 37.1 Å². The summed E-state index contributed by atoms with van der Waals surface area (Å²) in [7, 11) is 0. The van der Waals surface area contributed by atoms with Gasteiger partial charge in [0, 0.05) is 18.0 Å². The second kappa shape index (κ2) is 8.03. The van der Waals surface area contributed by atoms with Crippen LogP contribution in [0.15, 0.2) is 24.3 Å². The Morgan fingerprint density at radius 2 is 2.05 bits per heavy atom. The zero-order valence-corrected chi connectivity index (χ0v) is 12.8. The van der Waals surface area contributed by atoms with E-state index < -0.39 is 0 Å². The Morgan fingerprint density at radius 3 is 2.81 bits per heavy atom. The molecule has 0 spiro atoms. The number of nitrogens with one attached hydrogen (secondary N) is 2. The molecule has 0 bridgehead atoms. The Balaban J connectivity index is 1.71. The maximum Gasteiger partial charge on any atom is 0.242 e. The fourth-order valence-electron chi connectivity index (χ4n) is 2.45. The van der Waals surface area contributed by atoms with Gasteiger partial charge in [-0.05, 0) is 49.8 Å². The summed E-state index contributed by atoms with van der Waals surface area (Å²) in [5, 5.41) is 6.37. The van der Waals surface area contributed by atoms with Crippen LogP contribution in [0, 0.1) is 0 Å². The maximum absolute atomic E-state index is 11.9. The Kier molecular flexibility index (Phi) is 6.05. The summed E-state index contributed by atoms with van der Waals surface area (Å²) in [6.07, 6.45) is 4.72. The average Bonchev–Trinajstić information content (AvgIpc) is 2.66. The number of aryl methyl sites for hydroxylation is 1. The molecule has 114 valence electrons. The van der Waals surface area contributed by atoms with Crippen molar-refractivity contribution in [2.75, 3.05) is 6.54 Å². The highest BCUT2D eigenvalue weighted by Crippen LogP contribution is 2.12. The summed E-state index contributed by atoms with van der Waals surface area (Å²) in [6.45, 7) is 0.710. The van der Waals surface area contributed by atoms with Crippen molar-refractivity contribution in [3.8, 4) is 0 Å². The molecule has 4 nitrogen and oxygen atoms in total. The first-order chi connectivity index (χ1) is 10.1. The van der Waals surface area contributed by atoms with Gasteiger partial charge in [-0.3, -0.25) is 9.59 Å². The lowest BCUT2D eigenvalue weighted by Gasteiger charge is -2.15. The summed E-state index contributed by atoms with van der Waals surface area (Å²) in [5.41, 5.74) is 1.17. The first-order valence-electron chi connectivity index (χ1n) is 7.46. The summed E-state index contributed by atoms with van der Waals surface area (Å²) < 4.78 is 0. The van der Waals surface area contributed by atoms with E-state index in [2.05, 4.69) is 10.6 Å². The van der Waals surface area contributed by atoms with Crippen molar-refractivity contribution >= 4 is 23.4 Å². The normalized spacial score (nSPS) is 18.7. The van der Waals surface area contributed by atoms with Crippen LogP contribution in [0.4, 0.5) is 0 Å². The monoisotopic (exact) mass is 308 g/mol. The van der Waals surface area contributed by atoms with Crippen molar-refractivity contribution in [3.05, 3.63) is 34.9 Å². The Hall–Kier alpha value is -1.55. The highest BCUT2D eigenvalue weighted by atomic mass is 35.5. The van der Waals surface area contributed by atoms with E-state index >= 15 is 0 Å². The molecule has 2 N–H and O–H groups in total. The van der Waals surface area contributed by atoms with Gasteiger partial charge < -0.3 is 10.6 Å². The molecule has 1 aromatic rings. The molecule has 1 heterocycles. The molecule has 0 aliphatic carbocycles. The zero-order chi connectivity index (χ0) is 15.1. The molecule has 0 radical (unpaired) electrons. The van der Waals surface area contributed by atoms with E-state index in [1.54, 1.807) is 0 Å². The number of hydrogen-bond acceptors (Lipinski definition) is 2. The SMILES string of the molecule is O=C(CCCc1ccc(Cl)cc1)N[C@H]1CCCCNC1=O. The molecule has 0 saturated carbocycles. The third kappa shape index (κ3) is 5.38. The molecule has 2 rings (SSSR count). The van der Waals surface area contributed by atoms with Crippen molar-refractivity contribution in [2.45, 2.75) is 44.6 Å². The van der Waals surface area contributed by atoms with Crippen molar-refractivity contribution < 1.29 is 9.59 Å². The lowest BCUT2D eigenvalue weighted by molar-refractivity contribution is -0.128. The average molecular weight is 309 g/mol. The van der Waals surface area contributed by atoms with Gasteiger partial charge in [0.1, 0.15) is 6.04 Å². The third-order valence-electron chi connectivity index (χ3n) is 3.65. The minimum absolute atomic E-state index is 0.0500. The molecule has 1 saturated heterocycles. The van der Waals surface area contributed by atoms with E-state index in [1.165, 1.54) is 5.56 Å².